The van der Waals surface area contributed by atoms with Crippen molar-refractivity contribution in [3.05, 3.63) is 0 Å². The van der Waals surface area contributed by atoms with Gasteiger partial charge in [-0.1, -0.05) is 0 Å². The molecule has 0 radical (unpaired) electrons. The number of nitrogens with two attached hydrogens (primary N) is 1. The van der Waals surface area contributed by atoms with E-state index in [0.29, 0.717) is 0 Å². The number of amides is 1. The number of carbonyl (C=O) groups is 2. The van der Waals surface area contributed by atoms with E-state index in [1.165, 1.54) is 6.92 Å². The average molecular weight is 239 g/mol. The van der Waals surface area contributed by atoms with Crippen LogP contribution in [-0.4, -0.2) is 68.7 Å². The van der Waals surface area contributed by atoms with Crippen LogP contribution in [0.2, 0.25) is 0 Å². The Morgan fingerprint density at radius 3 is 1.88 bits per heavy atom. The molecule has 0 spiro atoms. The molecule has 0 heterocycles. The van der Waals surface area contributed by atoms with Gasteiger partial charge in [0.15, 0.2) is 6.29 Å². The van der Waals surface area contributed by atoms with Crippen LogP contribution in [0, 0.1) is 0 Å². The topological polar surface area (TPSA) is 161 Å². The molecule has 0 aliphatic carbocycles. The second-order valence-corrected chi connectivity index (χ2v) is 2.97. The molecule has 0 saturated carbocycles. The van der Waals surface area contributed by atoms with Crippen molar-refractivity contribution >= 4 is 12.2 Å². The lowest BCUT2D eigenvalue weighted by molar-refractivity contribution is -0.136. The van der Waals surface area contributed by atoms with Crippen LogP contribution in [-0.2, 0) is 9.59 Å². The van der Waals surface area contributed by atoms with Gasteiger partial charge in [-0.15, -0.1) is 0 Å². The van der Waals surface area contributed by atoms with Crippen molar-refractivity contribution in [1.82, 2.24) is 0 Å². The molecule has 0 aromatic rings. The Bertz CT molecular complexity index is 207. The summed E-state index contributed by atoms with van der Waals surface area (Å²) in [6.07, 6.45) is -6.84. The normalized spacial score (nSPS) is 17.4. The Balaban J connectivity index is 0. The molecule has 4 atom stereocenters. The minimum Gasteiger partial charge on any atom is -0.394 e. The van der Waals surface area contributed by atoms with Gasteiger partial charge in [0, 0.05) is 6.92 Å². The Labute approximate surface area is 91.9 Å². The molecular weight excluding hydrogens is 222 g/mol. The fraction of sp³-hybridized carbons (Fsp3) is 0.750. The quantitative estimate of drug-likeness (QED) is 0.267. The fourth-order valence-electron chi connectivity index (χ4n) is 0.618. The molecular formula is C8H17NO7. The molecule has 0 bridgehead atoms. The first-order valence-electron chi connectivity index (χ1n) is 4.32. The van der Waals surface area contributed by atoms with Crippen LogP contribution in [0.1, 0.15) is 6.92 Å². The van der Waals surface area contributed by atoms with E-state index in [9.17, 15) is 9.59 Å². The summed E-state index contributed by atoms with van der Waals surface area (Å²) in [5.41, 5.74) is 4.47. The fourth-order valence-corrected chi connectivity index (χ4v) is 0.618. The lowest BCUT2D eigenvalue weighted by Crippen LogP contribution is -2.46. The highest BCUT2D eigenvalue weighted by Crippen LogP contribution is 2.02. The van der Waals surface area contributed by atoms with Crippen molar-refractivity contribution < 1.29 is 35.1 Å². The highest BCUT2D eigenvalue weighted by atomic mass is 16.4. The number of hydrogen-bond acceptors (Lipinski definition) is 7. The van der Waals surface area contributed by atoms with Gasteiger partial charge in [0.25, 0.3) is 0 Å². The predicted octanol–water partition coefficient (Wildman–Crippen LogP) is -3.89. The van der Waals surface area contributed by atoms with E-state index in [0.717, 1.165) is 0 Å². The van der Waals surface area contributed by atoms with Crippen molar-refractivity contribution in [3.8, 4) is 0 Å². The predicted molar refractivity (Wildman–Crippen MR) is 52.0 cm³/mol. The summed E-state index contributed by atoms with van der Waals surface area (Å²) in [6, 6.07) is 0. The molecule has 0 aromatic heterocycles. The zero-order valence-electron chi connectivity index (χ0n) is 8.72. The first-order valence-corrected chi connectivity index (χ1v) is 4.32. The maximum Gasteiger partial charge on any atom is 0.214 e. The Morgan fingerprint density at radius 1 is 1.25 bits per heavy atom. The maximum atomic E-state index is 9.90. The number of aldehydes is 1. The molecule has 0 aliphatic heterocycles. The van der Waals surface area contributed by atoms with Gasteiger partial charge in [0.1, 0.15) is 24.4 Å². The van der Waals surface area contributed by atoms with Gasteiger partial charge in [-0.25, -0.2) is 0 Å². The van der Waals surface area contributed by atoms with Crippen LogP contribution in [0.3, 0.4) is 0 Å². The van der Waals surface area contributed by atoms with Crippen LogP contribution >= 0.6 is 0 Å². The molecule has 16 heavy (non-hydrogen) atoms. The molecule has 96 valence electrons. The van der Waals surface area contributed by atoms with Crippen molar-refractivity contribution in [2.45, 2.75) is 31.3 Å². The lowest BCUT2D eigenvalue weighted by Gasteiger charge is -2.22. The maximum absolute atomic E-state index is 9.90. The largest absolute Gasteiger partial charge is 0.394 e. The van der Waals surface area contributed by atoms with Gasteiger partial charge < -0.3 is 36.1 Å². The highest BCUT2D eigenvalue weighted by Gasteiger charge is 2.29. The van der Waals surface area contributed by atoms with Crippen LogP contribution in [0.5, 0.6) is 0 Å². The van der Waals surface area contributed by atoms with Crippen LogP contribution < -0.4 is 5.73 Å². The monoisotopic (exact) mass is 239 g/mol. The summed E-state index contributed by atoms with van der Waals surface area (Å²) in [5.74, 6) is -0.333. The van der Waals surface area contributed by atoms with Gasteiger partial charge >= 0.3 is 0 Å². The number of rotatable bonds is 5. The Morgan fingerprint density at radius 2 is 1.62 bits per heavy atom. The molecule has 0 unspecified atom stereocenters. The molecule has 8 nitrogen and oxygen atoms in total. The molecule has 8 heteroatoms. The van der Waals surface area contributed by atoms with E-state index in [-0.39, 0.29) is 12.2 Å². The van der Waals surface area contributed by atoms with Crippen LogP contribution in [0.4, 0.5) is 0 Å². The van der Waals surface area contributed by atoms with Gasteiger partial charge in [-0.3, -0.25) is 4.79 Å². The van der Waals surface area contributed by atoms with Crippen molar-refractivity contribution in [2.75, 3.05) is 6.61 Å². The zero-order valence-corrected chi connectivity index (χ0v) is 8.72. The third-order valence-corrected chi connectivity index (χ3v) is 1.42. The zero-order chi connectivity index (χ0) is 13.3. The minimum absolute atomic E-state index is 0.0258. The molecule has 0 aliphatic rings. The van der Waals surface area contributed by atoms with E-state index in [1.807, 2.05) is 0 Å². The molecule has 0 fully saturated rings. The number of hydrogen-bond donors (Lipinski definition) is 6. The second kappa shape index (κ2) is 9.19. The Kier molecular flexibility index (Phi) is 9.96. The van der Waals surface area contributed by atoms with E-state index in [2.05, 4.69) is 5.73 Å². The van der Waals surface area contributed by atoms with Crippen molar-refractivity contribution in [3.63, 3.8) is 0 Å². The van der Waals surface area contributed by atoms with Crippen LogP contribution in [0.25, 0.3) is 0 Å². The smallest absolute Gasteiger partial charge is 0.214 e. The summed E-state index contributed by atoms with van der Waals surface area (Å²) in [4.78, 5) is 19.1. The summed E-state index contributed by atoms with van der Waals surface area (Å²) in [6.45, 7) is 0.545. The number of aliphatic hydroxyl groups excluding tert-OH is 5. The minimum atomic E-state index is -1.79. The first-order chi connectivity index (χ1) is 7.27. The second-order valence-electron chi connectivity index (χ2n) is 2.97. The van der Waals surface area contributed by atoms with Crippen molar-refractivity contribution in [1.29, 1.82) is 0 Å². The molecule has 1 amide bonds. The summed E-state index contributed by atoms with van der Waals surface area (Å²) in [5, 5.41) is 43.5. The van der Waals surface area contributed by atoms with E-state index < -0.39 is 31.0 Å². The van der Waals surface area contributed by atoms with Gasteiger partial charge in [0.2, 0.25) is 5.91 Å². The summed E-state index contributed by atoms with van der Waals surface area (Å²) >= 11 is 0. The van der Waals surface area contributed by atoms with E-state index in [4.69, 9.17) is 25.5 Å². The van der Waals surface area contributed by atoms with Gasteiger partial charge in [-0.2, -0.15) is 0 Å². The highest BCUT2D eigenvalue weighted by molar-refractivity contribution is 5.70. The standard InChI is InChI=1S/C6H12O6.C2H5NO/c7-1-3(9)5(11)6(12)4(10)2-8;1-2(3)4/h1,3-6,8-12H,2H2;1H3,(H2,3,4)/t3-,4+,5+,6+;/m0./s1. The number of carbonyl (C=O) groups excluding carboxylic acids is 2. The molecule has 7 N–H and O–H groups in total. The lowest BCUT2D eigenvalue weighted by atomic mass is 10.0. The number of aliphatic hydroxyl groups is 5. The SMILES string of the molecule is CC(N)=O.O=C[C@H](O)[C@@H](O)[C@H](O)[C@H](O)CO. The van der Waals surface area contributed by atoms with E-state index in [1.54, 1.807) is 0 Å². The van der Waals surface area contributed by atoms with Gasteiger partial charge in [0.05, 0.1) is 6.61 Å². The van der Waals surface area contributed by atoms with Crippen LogP contribution in [0.15, 0.2) is 0 Å². The third-order valence-electron chi connectivity index (χ3n) is 1.42. The molecule has 0 aromatic carbocycles. The summed E-state index contributed by atoms with van der Waals surface area (Å²) < 4.78 is 0. The molecule has 0 rings (SSSR count). The summed E-state index contributed by atoms with van der Waals surface area (Å²) in [7, 11) is 0. The average Bonchev–Trinajstić information content (AvgIpc) is 2.24. The van der Waals surface area contributed by atoms with E-state index >= 15 is 0 Å². The molecule has 0 saturated heterocycles. The first kappa shape index (κ1) is 17.3. The third kappa shape index (κ3) is 8.26. The number of primary amides is 1. The van der Waals surface area contributed by atoms with Gasteiger partial charge in [-0.05, 0) is 0 Å². The van der Waals surface area contributed by atoms with Crippen molar-refractivity contribution in [2.24, 2.45) is 5.73 Å². The Hall–Kier alpha value is -1.06.